The first-order valence-electron chi connectivity index (χ1n) is 10.9. The highest BCUT2D eigenvalue weighted by atomic mass is 16.5. The number of ether oxygens (including phenoxy) is 2. The van der Waals surface area contributed by atoms with E-state index in [1.807, 2.05) is 36.4 Å². The van der Waals surface area contributed by atoms with Crippen molar-refractivity contribution in [3.63, 3.8) is 0 Å². The minimum absolute atomic E-state index is 0.260. The molecule has 5 nitrogen and oxygen atoms in total. The molecule has 0 heterocycles. The largest absolute Gasteiger partial charge is 0.497 e. The molecule has 0 aliphatic rings. The molecule has 0 saturated heterocycles. The first kappa shape index (κ1) is 23.5. The summed E-state index contributed by atoms with van der Waals surface area (Å²) in [6, 6.07) is 14.6. The van der Waals surface area contributed by atoms with Gasteiger partial charge < -0.3 is 9.47 Å². The van der Waals surface area contributed by atoms with Crippen molar-refractivity contribution in [3.05, 3.63) is 59.7 Å². The minimum atomic E-state index is -0.260. The van der Waals surface area contributed by atoms with Gasteiger partial charge in [-0.2, -0.15) is 5.10 Å². The molecule has 0 spiro atoms. The standard InChI is InChI=1S/C25H34N2O3/c1-3-4-5-6-7-8-9-10-18-30-23-16-14-22(15-17-23)25(28)27-26-20-21-12-11-13-24(19-21)29-2/h11-17,19-20H,3-10,18H2,1-2H3,(H,27,28)/b26-20-. The summed E-state index contributed by atoms with van der Waals surface area (Å²) in [5.41, 5.74) is 3.92. The van der Waals surface area contributed by atoms with Crippen LogP contribution in [-0.2, 0) is 0 Å². The molecule has 0 unspecified atom stereocenters. The molecular formula is C25H34N2O3. The van der Waals surface area contributed by atoms with Gasteiger partial charge in [0.25, 0.3) is 5.91 Å². The Labute approximate surface area is 180 Å². The Balaban J connectivity index is 1.65. The second-order valence-corrected chi connectivity index (χ2v) is 7.32. The topological polar surface area (TPSA) is 59.9 Å². The molecule has 0 aromatic heterocycles. The predicted octanol–water partition coefficient (Wildman–Crippen LogP) is 5.98. The molecule has 0 aliphatic carbocycles. The molecule has 0 bridgehead atoms. The number of unbranched alkanes of at least 4 members (excludes halogenated alkanes) is 7. The minimum Gasteiger partial charge on any atom is -0.497 e. The fraction of sp³-hybridized carbons (Fsp3) is 0.440. The van der Waals surface area contributed by atoms with Crippen LogP contribution in [0.1, 0.15) is 74.2 Å². The number of benzene rings is 2. The molecule has 5 heteroatoms. The molecule has 1 N–H and O–H groups in total. The summed E-state index contributed by atoms with van der Waals surface area (Å²) in [6.45, 7) is 2.96. The SMILES string of the molecule is CCCCCCCCCCOc1ccc(C(=O)N/N=C\c2cccc(OC)c2)cc1. The molecule has 0 fully saturated rings. The zero-order valence-corrected chi connectivity index (χ0v) is 18.2. The fourth-order valence-corrected chi connectivity index (χ4v) is 3.08. The van der Waals surface area contributed by atoms with Crippen LogP contribution in [-0.4, -0.2) is 25.8 Å². The number of rotatable bonds is 14. The van der Waals surface area contributed by atoms with Crippen molar-refractivity contribution in [1.29, 1.82) is 0 Å². The summed E-state index contributed by atoms with van der Waals surface area (Å²) < 4.78 is 10.9. The van der Waals surface area contributed by atoms with Crippen LogP contribution in [0.2, 0.25) is 0 Å². The number of amides is 1. The highest BCUT2D eigenvalue weighted by Crippen LogP contribution is 2.14. The monoisotopic (exact) mass is 410 g/mol. The molecule has 1 amide bonds. The predicted molar refractivity (Wildman–Crippen MR) is 123 cm³/mol. The average Bonchev–Trinajstić information content (AvgIpc) is 2.78. The molecular weight excluding hydrogens is 376 g/mol. The summed E-state index contributed by atoms with van der Waals surface area (Å²) in [7, 11) is 1.61. The molecule has 2 rings (SSSR count). The van der Waals surface area contributed by atoms with Crippen LogP contribution >= 0.6 is 0 Å². The Morgan fingerprint density at radius 2 is 1.63 bits per heavy atom. The lowest BCUT2D eigenvalue weighted by atomic mass is 10.1. The van der Waals surface area contributed by atoms with Gasteiger partial charge in [-0.05, 0) is 48.4 Å². The maximum atomic E-state index is 12.2. The number of hydrazone groups is 1. The first-order chi connectivity index (χ1) is 14.7. The van der Waals surface area contributed by atoms with Gasteiger partial charge in [-0.3, -0.25) is 4.79 Å². The zero-order chi connectivity index (χ0) is 21.4. The Kier molecular flexibility index (Phi) is 11.1. The lowest BCUT2D eigenvalue weighted by molar-refractivity contribution is 0.0955. The molecule has 0 atom stereocenters. The molecule has 0 aliphatic heterocycles. The third kappa shape index (κ3) is 9.12. The summed E-state index contributed by atoms with van der Waals surface area (Å²) >= 11 is 0. The summed E-state index contributed by atoms with van der Waals surface area (Å²) in [5, 5.41) is 4.01. The van der Waals surface area contributed by atoms with Gasteiger partial charge in [-0.15, -0.1) is 0 Å². The number of carbonyl (C=O) groups excluding carboxylic acids is 1. The fourth-order valence-electron chi connectivity index (χ4n) is 3.08. The maximum absolute atomic E-state index is 12.2. The van der Waals surface area contributed by atoms with Gasteiger partial charge >= 0.3 is 0 Å². The number of nitrogens with zero attached hydrogens (tertiary/aromatic N) is 1. The van der Waals surface area contributed by atoms with Gasteiger partial charge in [0.1, 0.15) is 11.5 Å². The quantitative estimate of drug-likeness (QED) is 0.237. The summed E-state index contributed by atoms with van der Waals surface area (Å²) in [4.78, 5) is 12.2. The smallest absolute Gasteiger partial charge is 0.271 e. The number of nitrogens with one attached hydrogen (secondary N) is 1. The average molecular weight is 411 g/mol. The molecule has 162 valence electrons. The van der Waals surface area contributed by atoms with E-state index in [0.717, 1.165) is 23.5 Å². The summed E-state index contributed by atoms with van der Waals surface area (Å²) in [6.07, 6.45) is 11.8. The Morgan fingerprint density at radius 3 is 2.33 bits per heavy atom. The van der Waals surface area contributed by atoms with E-state index in [1.165, 1.54) is 44.9 Å². The summed E-state index contributed by atoms with van der Waals surface area (Å²) in [5.74, 6) is 1.27. The number of hydrogen-bond acceptors (Lipinski definition) is 4. The Morgan fingerprint density at radius 1 is 0.933 bits per heavy atom. The van der Waals surface area contributed by atoms with Gasteiger partial charge in [0.05, 0.1) is 19.9 Å². The van der Waals surface area contributed by atoms with E-state index in [-0.39, 0.29) is 5.91 Å². The van der Waals surface area contributed by atoms with Gasteiger partial charge in [0.15, 0.2) is 0 Å². The van der Waals surface area contributed by atoms with Crippen molar-refractivity contribution in [2.45, 2.75) is 58.3 Å². The van der Waals surface area contributed by atoms with Crippen LogP contribution < -0.4 is 14.9 Å². The van der Waals surface area contributed by atoms with Crippen LogP contribution in [0.3, 0.4) is 0 Å². The van der Waals surface area contributed by atoms with Crippen molar-refractivity contribution in [2.24, 2.45) is 5.10 Å². The van der Waals surface area contributed by atoms with Crippen LogP contribution in [0.4, 0.5) is 0 Å². The third-order valence-electron chi connectivity index (χ3n) is 4.86. The second kappa shape index (κ2) is 14.2. The molecule has 2 aromatic carbocycles. The van der Waals surface area contributed by atoms with Gasteiger partial charge in [-0.1, -0.05) is 64.0 Å². The number of methoxy groups -OCH3 is 1. The lowest BCUT2D eigenvalue weighted by Gasteiger charge is -2.07. The molecule has 30 heavy (non-hydrogen) atoms. The van der Waals surface area contributed by atoms with Crippen LogP contribution in [0.5, 0.6) is 11.5 Å². The van der Waals surface area contributed by atoms with Gasteiger partial charge in [-0.25, -0.2) is 5.43 Å². The highest BCUT2D eigenvalue weighted by molar-refractivity contribution is 5.95. The zero-order valence-electron chi connectivity index (χ0n) is 18.2. The van der Waals surface area contributed by atoms with E-state index in [4.69, 9.17) is 9.47 Å². The highest BCUT2D eigenvalue weighted by Gasteiger charge is 2.04. The lowest BCUT2D eigenvalue weighted by Crippen LogP contribution is -2.17. The normalized spacial score (nSPS) is 10.9. The first-order valence-corrected chi connectivity index (χ1v) is 10.9. The maximum Gasteiger partial charge on any atom is 0.271 e. The van der Waals surface area contributed by atoms with Crippen LogP contribution in [0.25, 0.3) is 0 Å². The Hall–Kier alpha value is -2.82. The van der Waals surface area contributed by atoms with Crippen molar-refractivity contribution in [2.75, 3.05) is 13.7 Å². The molecule has 2 aromatic rings. The van der Waals surface area contributed by atoms with Crippen molar-refractivity contribution in [1.82, 2.24) is 5.43 Å². The Bertz CT molecular complexity index is 772. The van der Waals surface area contributed by atoms with Gasteiger partial charge in [0, 0.05) is 5.56 Å². The van der Waals surface area contributed by atoms with E-state index in [1.54, 1.807) is 25.5 Å². The van der Waals surface area contributed by atoms with Crippen molar-refractivity contribution in [3.8, 4) is 11.5 Å². The second-order valence-electron chi connectivity index (χ2n) is 7.32. The molecule has 0 radical (unpaired) electrons. The van der Waals surface area contributed by atoms with Crippen molar-refractivity contribution >= 4 is 12.1 Å². The van der Waals surface area contributed by atoms with E-state index in [9.17, 15) is 4.79 Å². The van der Waals surface area contributed by atoms with Gasteiger partial charge in [0.2, 0.25) is 0 Å². The number of carbonyl (C=O) groups is 1. The van der Waals surface area contributed by atoms with Crippen LogP contribution in [0, 0.1) is 0 Å². The third-order valence-corrected chi connectivity index (χ3v) is 4.86. The molecule has 0 saturated carbocycles. The van der Waals surface area contributed by atoms with Crippen LogP contribution in [0.15, 0.2) is 53.6 Å². The van der Waals surface area contributed by atoms with E-state index in [0.29, 0.717) is 12.2 Å². The van der Waals surface area contributed by atoms with E-state index < -0.39 is 0 Å². The van der Waals surface area contributed by atoms with Crippen molar-refractivity contribution < 1.29 is 14.3 Å². The number of hydrogen-bond donors (Lipinski definition) is 1. The van der Waals surface area contributed by atoms with E-state index in [2.05, 4.69) is 17.5 Å². The van der Waals surface area contributed by atoms with E-state index >= 15 is 0 Å².